The molecular weight excluding hydrogens is 232 g/mol. The minimum atomic E-state index is -0.979. The third kappa shape index (κ3) is 3.74. The molecule has 0 saturated carbocycles. The summed E-state index contributed by atoms with van der Waals surface area (Å²) in [5.74, 6) is -1.01. The van der Waals surface area contributed by atoms with Gasteiger partial charge in [0.15, 0.2) is 0 Å². The van der Waals surface area contributed by atoms with Gasteiger partial charge in [0.1, 0.15) is 5.75 Å². The number of ether oxygens (including phenoxy) is 1. The zero-order valence-electron chi connectivity index (χ0n) is 10.8. The van der Waals surface area contributed by atoms with Gasteiger partial charge in [-0.25, -0.2) is 0 Å². The molecule has 0 spiro atoms. The van der Waals surface area contributed by atoms with Crippen molar-refractivity contribution in [2.75, 3.05) is 6.61 Å². The van der Waals surface area contributed by atoms with Gasteiger partial charge in [0, 0.05) is 0 Å². The van der Waals surface area contributed by atoms with E-state index in [2.05, 4.69) is 0 Å². The van der Waals surface area contributed by atoms with Crippen LogP contribution in [0.2, 0.25) is 0 Å². The zero-order chi connectivity index (χ0) is 13.5. The van der Waals surface area contributed by atoms with Gasteiger partial charge in [-0.1, -0.05) is 26.0 Å². The molecule has 0 radical (unpaired) electrons. The van der Waals surface area contributed by atoms with Crippen LogP contribution in [0, 0.1) is 5.92 Å². The molecule has 18 heavy (non-hydrogen) atoms. The van der Waals surface area contributed by atoms with E-state index < -0.39 is 18.0 Å². The van der Waals surface area contributed by atoms with Gasteiger partial charge in [-0.05, 0) is 30.5 Å². The van der Waals surface area contributed by atoms with E-state index in [4.69, 9.17) is 9.84 Å². The number of aliphatic carboxylic acids is 1. The van der Waals surface area contributed by atoms with E-state index >= 15 is 0 Å². The zero-order valence-corrected chi connectivity index (χ0v) is 10.8. The van der Waals surface area contributed by atoms with Crippen LogP contribution in [0.25, 0.3) is 0 Å². The maximum atomic E-state index is 11.0. The first-order valence-corrected chi connectivity index (χ1v) is 6.23. The lowest BCUT2D eigenvalue weighted by Crippen LogP contribution is -2.21. The van der Waals surface area contributed by atoms with Gasteiger partial charge in [0.25, 0.3) is 0 Å². The molecule has 2 atom stereocenters. The first kappa shape index (κ1) is 14.5. The molecule has 0 amide bonds. The van der Waals surface area contributed by atoms with Crippen molar-refractivity contribution in [1.82, 2.24) is 0 Å². The Bertz CT molecular complexity index is 372. The lowest BCUT2D eigenvalue weighted by molar-refractivity contribution is -0.146. The number of hydrogen-bond acceptors (Lipinski definition) is 3. The molecule has 100 valence electrons. The molecule has 1 rings (SSSR count). The van der Waals surface area contributed by atoms with Gasteiger partial charge in [-0.3, -0.25) is 4.79 Å². The van der Waals surface area contributed by atoms with Crippen molar-refractivity contribution < 1.29 is 19.7 Å². The number of aliphatic hydroxyl groups is 1. The highest BCUT2D eigenvalue weighted by Gasteiger charge is 2.25. The summed E-state index contributed by atoms with van der Waals surface area (Å²) in [5.41, 5.74) is 0.605. The first-order chi connectivity index (χ1) is 8.60. The summed E-state index contributed by atoms with van der Waals surface area (Å²) in [6.07, 6.45) is 0.346. The quantitative estimate of drug-likeness (QED) is 0.782. The van der Waals surface area contributed by atoms with Crippen molar-refractivity contribution in [1.29, 1.82) is 0 Å². The predicted octanol–water partition coefficient (Wildman–Crippen LogP) is 2.62. The van der Waals surface area contributed by atoms with Crippen molar-refractivity contribution in [2.45, 2.75) is 32.8 Å². The summed E-state index contributed by atoms with van der Waals surface area (Å²) in [7, 11) is 0. The molecular formula is C14H20O4. The van der Waals surface area contributed by atoms with Gasteiger partial charge >= 0.3 is 5.97 Å². The number of carboxylic acids is 1. The molecule has 0 bridgehead atoms. The molecule has 0 aliphatic rings. The third-order valence-corrected chi connectivity index (χ3v) is 2.83. The average molecular weight is 252 g/mol. The number of rotatable bonds is 7. The maximum Gasteiger partial charge on any atom is 0.309 e. The average Bonchev–Trinajstić information content (AvgIpc) is 2.37. The topological polar surface area (TPSA) is 66.8 Å². The predicted molar refractivity (Wildman–Crippen MR) is 68.6 cm³/mol. The minimum Gasteiger partial charge on any atom is -0.494 e. The molecule has 0 aliphatic heterocycles. The van der Waals surface area contributed by atoms with Crippen molar-refractivity contribution in [2.24, 2.45) is 5.92 Å². The maximum absolute atomic E-state index is 11.0. The lowest BCUT2D eigenvalue weighted by Gasteiger charge is -2.18. The molecule has 1 aromatic carbocycles. The first-order valence-electron chi connectivity index (χ1n) is 6.23. The van der Waals surface area contributed by atoms with Gasteiger partial charge in [-0.2, -0.15) is 0 Å². The summed E-state index contributed by atoms with van der Waals surface area (Å²) < 4.78 is 5.43. The summed E-state index contributed by atoms with van der Waals surface area (Å²) in [6, 6.07) is 6.92. The number of benzene rings is 1. The van der Waals surface area contributed by atoms with Crippen molar-refractivity contribution >= 4 is 5.97 Å². The SMILES string of the molecule is CCCOc1ccc(C(O)C(CC)C(=O)O)cc1. The van der Waals surface area contributed by atoms with Crippen LogP contribution < -0.4 is 4.74 Å². The number of hydrogen-bond donors (Lipinski definition) is 2. The highest BCUT2D eigenvalue weighted by Crippen LogP contribution is 2.26. The van der Waals surface area contributed by atoms with Crippen LogP contribution in [0.5, 0.6) is 5.75 Å². The Morgan fingerprint density at radius 2 is 1.89 bits per heavy atom. The van der Waals surface area contributed by atoms with E-state index in [1.165, 1.54) is 0 Å². The van der Waals surface area contributed by atoms with Crippen LogP contribution in [0.1, 0.15) is 38.4 Å². The molecule has 0 aromatic heterocycles. The highest BCUT2D eigenvalue weighted by molar-refractivity contribution is 5.71. The number of carboxylic acid groups (broad SMARTS) is 1. The minimum absolute atomic E-state index is 0.393. The molecule has 4 heteroatoms. The molecule has 0 fully saturated rings. The van der Waals surface area contributed by atoms with E-state index in [1.54, 1.807) is 31.2 Å². The van der Waals surface area contributed by atoms with Crippen LogP contribution in [-0.4, -0.2) is 22.8 Å². The van der Waals surface area contributed by atoms with E-state index in [-0.39, 0.29) is 0 Å². The van der Waals surface area contributed by atoms with E-state index in [1.807, 2.05) is 6.92 Å². The summed E-state index contributed by atoms with van der Waals surface area (Å²) in [5, 5.41) is 19.0. The second-order valence-corrected chi connectivity index (χ2v) is 4.22. The van der Waals surface area contributed by atoms with Gasteiger partial charge in [-0.15, -0.1) is 0 Å². The Kier molecular flexibility index (Phi) is 5.65. The fourth-order valence-corrected chi connectivity index (χ4v) is 1.75. The van der Waals surface area contributed by atoms with Crippen LogP contribution in [-0.2, 0) is 4.79 Å². The van der Waals surface area contributed by atoms with Crippen LogP contribution in [0.3, 0.4) is 0 Å². The highest BCUT2D eigenvalue weighted by atomic mass is 16.5. The van der Waals surface area contributed by atoms with Crippen molar-refractivity contribution in [3.8, 4) is 5.75 Å². The largest absolute Gasteiger partial charge is 0.494 e. The second kappa shape index (κ2) is 7.01. The van der Waals surface area contributed by atoms with E-state index in [0.29, 0.717) is 18.6 Å². The molecule has 1 aromatic rings. The normalized spacial score (nSPS) is 13.9. The molecule has 0 heterocycles. The van der Waals surface area contributed by atoms with Crippen molar-refractivity contribution in [3.63, 3.8) is 0 Å². The molecule has 4 nitrogen and oxygen atoms in total. The Morgan fingerprint density at radius 3 is 2.33 bits per heavy atom. The van der Waals surface area contributed by atoms with Gasteiger partial charge < -0.3 is 14.9 Å². The fourth-order valence-electron chi connectivity index (χ4n) is 1.75. The standard InChI is InChI=1S/C14H20O4/c1-3-9-18-11-7-5-10(6-8-11)13(15)12(4-2)14(16)17/h5-8,12-13,15H,3-4,9H2,1-2H3,(H,16,17). The van der Waals surface area contributed by atoms with Gasteiger partial charge in [0.05, 0.1) is 18.6 Å². The Morgan fingerprint density at radius 1 is 1.28 bits per heavy atom. The Labute approximate surface area is 107 Å². The van der Waals surface area contributed by atoms with Crippen LogP contribution in [0.4, 0.5) is 0 Å². The van der Waals surface area contributed by atoms with Crippen LogP contribution in [0.15, 0.2) is 24.3 Å². The van der Waals surface area contributed by atoms with E-state index in [9.17, 15) is 9.90 Å². The third-order valence-electron chi connectivity index (χ3n) is 2.83. The number of aliphatic hydroxyl groups excluding tert-OH is 1. The summed E-state index contributed by atoms with van der Waals surface area (Å²) in [6.45, 7) is 4.42. The molecule has 0 saturated heterocycles. The van der Waals surface area contributed by atoms with Crippen LogP contribution >= 0.6 is 0 Å². The molecule has 0 aliphatic carbocycles. The summed E-state index contributed by atoms with van der Waals surface area (Å²) in [4.78, 5) is 11.0. The molecule has 2 unspecified atom stereocenters. The molecule has 2 N–H and O–H groups in total. The second-order valence-electron chi connectivity index (χ2n) is 4.22. The van der Waals surface area contributed by atoms with Crippen molar-refractivity contribution in [3.05, 3.63) is 29.8 Å². The Hall–Kier alpha value is -1.55. The van der Waals surface area contributed by atoms with E-state index in [0.717, 1.165) is 12.2 Å². The smallest absolute Gasteiger partial charge is 0.309 e. The number of carbonyl (C=O) groups is 1. The fraction of sp³-hybridized carbons (Fsp3) is 0.500. The lowest BCUT2D eigenvalue weighted by atomic mass is 9.93. The summed E-state index contributed by atoms with van der Waals surface area (Å²) >= 11 is 0. The van der Waals surface area contributed by atoms with Gasteiger partial charge in [0.2, 0.25) is 0 Å². The monoisotopic (exact) mass is 252 g/mol. The Balaban J connectivity index is 2.74.